The van der Waals surface area contributed by atoms with E-state index in [9.17, 15) is 9.59 Å². The molecule has 2 fully saturated rings. The molecule has 0 aromatic rings. The molecular weight excluding hydrogens is 256 g/mol. The second kappa shape index (κ2) is 7.62. The van der Waals surface area contributed by atoms with Gasteiger partial charge in [-0.1, -0.05) is 19.3 Å². The third kappa shape index (κ3) is 4.20. The van der Waals surface area contributed by atoms with Crippen molar-refractivity contribution < 1.29 is 14.3 Å². The molecule has 5 nitrogen and oxygen atoms in total. The normalized spacial score (nSPS) is 24.6. The van der Waals surface area contributed by atoms with Gasteiger partial charge in [0.2, 0.25) is 5.91 Å². The van der Waals surface area contributed by atoms with Crippen molar-refractivity contribution in [2.45, 2.75) is 64.0 Å². The number of likely N-dealkylation sites (tertiary alicyclic amines) is 1. The Balaban J connectivity index is 1.78. The van der Waals surface area contributed by atoms with Gasteiger partial charge in [0.25, 0.3) is 0 Å². The summed E-state index contributed by atoms with van der Waals surface area (Å²) < 4.78 is 5.08. The van der Waals surface area contributed by atoms with Gasteiger partial charge in [0, 0.05) is 6.04 Å². The van der Waals surface area contributed by atoms with E-state index in [2.05, 4.69) is 5.32 Å². The molecule has 114 valence electrons. The van der Waals surface area contributed by atoms with Gasteiger partial charge < -0.3 is 10.1 Å². The van der Waals surface area contributed by atoms with E-state index in [1.54, 1.807) is 0 Å². The van der Waals surface area contributed by atoms with Crippen molar-refractivity contribution in [2.75, 3.05) is 19.7 Å². The summed E-state index contributed by atoms with van der Waals surface area (Å²) in [5, 5.41) is 3.10. The number of amides is 1. The standard InChI is InChI=1S/C15H26N2O3/c1-2-20-15(19)13-9-6-10-17(13)11-14(18)16-12-7-4-3-5-8-12/h12-13H,2-11H2,1H3,(H,16,18). The number of rotatable bonds is 5. The van der Waals surface area contributed by atoms with Crippen LogP contribution in [0.1, 0.15) is 51.9 Å². The first-order valence-corrected chi connectivity index (χ1v) is 7.90. The number of hydrogen-bond acceptors (Lipinski definition) is 4. The Morgan fingerprint density at radius 3 is 2.60 bits per heavy atom. The molecule has 0 spiro atoms. The van der Waals surface area contributed by atoms with Gasteiger partial charge in [0.1, 0.15) is 6.04 Å². The van der Waals surface area contributed by atoms with Gasteiger partial charge in [-0.05, 0) is 39.2 Å². The first-order valence-electron chi connectivity index (χ1n) is 7.90. The summed E-state index contributed by atoms with van der Waals surface area (Å²) in [6.45, 7) is 3.34. The lowest BCUT2D eigenvalue weighted by Gasteiger charge is -2.26. The van der Waals surface area contributed by atoms with Crippen molar-refractivity contribution in [1.29, 1.82) is 0 Å². The van der Waals surface area contributed by atoms with E-state index in [1.165, 1.54) is 19.3 Å². The van der Waals surface area contributed by atoms with Crippen LogP contribution in [0.2, 0.25) is 0 Å². The molecule has 0 radical (unpaired) electrons. The topological polar surface area (TPSA) is 58.6 Å². The van der Waals surface area contributed by atoms with Crippen LogP contribution in [0.15, 0.2) is 0 Å². The number of esters is 1. The average molecular weight is 282 g/mol. The van der Waals surface area contributed by atoms with Crippen molar-refractivity contribution in [3.8, 4) is 0 Å². The van der Waals surface area contributed by atoms with Crippen LogP contribution >= 0.6 is 0 Å². The number of ether oxygens (including phenoxy) is 1. The Kier molecular flexibility index (Phi) is 5.83. The number of nitrogens with one attached hydrogen (secondary N) is 1. The van der Waals surface area contributed by atoms with Gasteiger partial charge in [-0.25, -0.2) is 0 Å². The number of nitrogens with zero attached hydrogens (tertiary/aromatic N) is 1. The second-order valence-corrected chi connectivity index (χ2v) is 5.78. The number of carbonyl (C=O) groups is 2. The predicted octanol–water partition coefficient (Wildman–Crippen LogP) is 1.46. The molecular formula is C15H26N2O3. The minimum absolute atomic E-state index is 0.0492. The van der Waals surface area contributed by atoms with Crippen molar-refractivity contribution in [2.24, 2.45) is 0 Å². The first-order chi connectivity index (χ1) is 9.70. The van der Waals surface area contributed by atoms with E-state index < -0.39 is 0 Å². The summed E-state index contributed by atoms with van der Waals surface area (Å²) in [5.74, 6) is -0.136. The zero-order valence-electron chi connectivity index (χ0n) is 12.4. The summed E-state index contributed by atoms with van der Waals surface area (Å²) >= 11 is 0. The van der Waals surface area contributed by atoms with Crippen molar-refractivity contribution in [3.05, 3.63) is 0 Å². The van der Waals surface area contributed by atoms with Crippen LogP contribution in [0.25, 0.3) is 0 Å². The molecule has 1 heterocycles. The Morgan fingerprint density at radius 1 is 1.15 bits per heavy atom. The fourth-order valence-electron chi connectivity index (χ4n) is 3.23. The van der Waals surface area contributed by atoms with E-state index >= 15 is 0 Å². The van der Waals surface area contributed by atoms with E-state index in [0.717, 1.165) is 32.2 Å². The fourth-order valence-corrected chi connectivity index (χ4v) is 3.23. The third-order valence-corrected chi connectivity index (χ3v) is 4.24. The van der Waals surface area contributed by atoms with E-state index in [1.807, 2.05) is 11.8 Å². The van der Waals surface area contributed by atoms with E-state index in [4.69, 9.17) is 4.74 Å². The lowest BCUT2D eigenvalue weighted by atomic mass is 9.95. The molecule has 0 bridgehead atoms. The quantitative estimate of drug-likeness (QED) is 0.776. The molecule has 1 aliphatic carbocycles. The van der Waals surface area contributed by atoms with E-state index in [-0.39, 0.29) is 17.9 Å². The Morgan fingerprint density at radius 2 is 1.90 bits per heavy atom. The zero-order valence-corrected chi connectivity index (χ0v) is 12.4. The number of hydrogen-bond donors (Lipinski definition) is 1. The minimum atomic E-state index is -0.230. The lowest BCUT2D eigenvalue weighted by Crippen LogP contribution is -2.46. The van der Waals surface area contributed by atoms with Crippen molar-refractivity contribution in [3.63, 3.8) is 0 Å². The number of carbonyl (C=O) groups excluding carboxylic acids is 2. The van der Waals surface area contributed by atoms with Crippen LogP contribution in [0.3, 0.4) is 0 Å². The van der Waals surface area contributed by atoms with Crippen LogP contribution in [-0.4, -0.2) is 48.6 Å². The molecule has 1 saturated heterocycles. The monoisotopic (exact) mass is 282 g/mol. The molecule has 1 atom stereocenters. The molecule has 1 N–H and O–H groups in total. The summed E-state index contributed by atoms with van der Waals surface area (Å²) in [5.41, 5.74) is 0. The molecule has 1 saturated carbocycles. The molecule has 5 heteroatoms. The third-order valence-electron chi connectivity index (χ3n) is 4.24. The van der Waals surface area contributed by atoms with Gasteiger partial charge in [-0.3, -0.25) is 14.5 Å². The highest BCUT2D eigenvalue weighted by Gasteiger charge is 2.33. The molecule has 20 heavy (non-hydrogen) atoms. The molecule has 1 unspecified atom stereocenters. The highest BCUT2D eigenvalue weighted by atomic mass is 16.5. The maximum atomic E-state index is 12.1. The smallest absolute Gasteiger partial charge is 0.323 e. The molecule has 2 aliphatic rings. The summed E-state index contributed by atoms with van der Waals surface area (Å²) in [7, 11) is 0. The Bertz CT molecular complexity index is 340. The molecule has 2 rings (SSSR count). The lowest BCUT2D eigenvalue weighted by molar-refractivity contribution is -0.148. The van der Waals surface area contributed by atoms with Gasteiger partial charge >= 0.3 is 5.97 Å². The van der Waals surface area contributed by atoms with Crippen LogP contribution in [0.5, 0.6) is 0 Å². The predicted molar refractivity (Wildman–Crippen MR) is 76.2 cm³/mol. The maximum absolute atomic E-state index is 12.1. The van der Waals surface area contributed by atoms with Gasteiger partial charge in [-0.15, -0.1) is 0 Å². The average Bonchev–Trinajstić information content (AvgIpc) is 2.88. The maximum Gasteiger partial charge on any atom is 0.323 e. The highest BCUT2D eigenvalue weighted by Crippen LogP contribution is 2.19. The molecule has 1 aliphatic heterocycles. The Hall–Kier alpha value is -1.10. The molecule has 0 aromatic carbocycles. The van der Waals surface area contributed by atoms with Crippen LogP contribution in [-0.2, 0) is 14.3 Å². The van der Waals surface area contributed by atoms with Crippen molar-refractivity contribution >= 4 is 11.9 Å². The minimum Gasteiger partial charge on any atom is -0.465 e. The van der Waals surface area contributed by atoms with Gasteiger partial charge in [-0.2, -0.15) is 0 Å². The SMILES string of the molecule is CCOC(=O)C1CCCN1CC(=O)NC1CCCCC1. The van der Waals surface area contributed by atoms with Crippen LogP contribution in [0, 0.1) is 0 Å². The van der Waals surface area contributed by atoms with Crippen LogP contribution in [0.4, 0.5) is 0 Å². The fraction of sp³-hybridized carbons (Fsp3) is 0.867. The van der Waals surface area contributed by atoms with Gasteiger partial charge in [0.15, 0.2) is 0 Å². The van der Waals surface area contributed by atoms with Crippen LogP contribution < -0.4 is 5.32 Å². The summed E-state index contributed by atoms with van der Waals surface area (Å²) in [6.07, 6.45) is 7.64. The summed E-state index contributed by atoms with van der Waals surface area (Å²) in [4.78, 5) is 25.9. The second-order valence-electron chi connectivity index (χ2n) is 5.78. The largest absolute Gasteiger partial charge is 0.465 e. The van der Waals surface area contributed by atoms with Gasteiger partial charge in [0.05, 0.1) is 13.2 Å². The first kappa shape index (κ1) is 15.3. The highest BCUT2D eigenvalue weighted by molar-refractivity contribution is 5.81. The summed E-state index contributed by atoms with van der Waals surface area (Å²) in [6, 6.07) is 0.104. The molecule has 1 amide bonds. The van der Waals surface area contributed by atoms with E-state index in [0.29, 0.717) is 19.2 Å². The van der Waals surface area contributed by atoms with Crippen molar-refractivity contribution in [1.82, 2.24) is 10.2 Å². The molecule has 0 aromatic heterocycles. The zero-order chi connectivity index (χ0) is 14.4. The Labute approximate surface area is 121 Å².